The van der Waals surface area contributed by atoms with Crippen molar-refractivity contribution in [1.82, 2.24) is 9.21 Å². The van der Waals surface area contributed by atoms with E-state index in [0.717, 1.165) is 5.56 Å². The standard InChI is InChI=1S/C23H28N2O6S/c1-3-24(16-19-7-5-4-6-8-19)22(26)17-31-23(27)20-10-9-18(2)21(15-20)32(28,29)25-11-13-30-14-12-25/h4-10,15H,3,11-14,16-17H2,1-2H3. The van der Waals surface area contributed by atoms with Crippen LogP contribution in [-0.4, -0.2) is 69.0 Å². The Labute approximate surface area is 188 Å². The first-order valence-corrected chi connectivity index (χ1v) is 11.9. The molecule has 0 N–H and O–H groups in total. The highest BCUT2D eigenvalue weighted by atomic mass is 32.2. The molecular formula is C23H28N2O6S. The van der Waals surface area contributed by atoms with Crippen molar-refractivity contribution in [2.45, 2.75) is 25.3 Å². The van der Waals surface area contributed by atoms with E-state index >= 15 is 0 Å². The summed E-state index contributed by atoms with van der Waals surface area (Å²) in [6, 6.07) is 13.9. The summed E-state index contributed by atoms with van der Waals surface area (Å²) in [5, 5.41) is 0. The van der Waals surface area contributed by atoms with Gasteiger partial charge in [0.15, 0.2) is 6.61 Å². The van der Waals surface area contributed by atoms with Crippen molar-refractivity contribution in [2.24, 2.45) is 0 Å². The first-order chi connectivity index (χ1) is 15.3. The maximum absolute atomic E-state index is 13.0. The third kappa shape index (κ3) is 5.73. The molecule has 1 aliphatic heterocycles. The van der Waals surface area contributed by atoms with Gasteiger partial charge in [0.1, 0.15) is 0 Å². The molecule has 172 valence electrons. The Hall–Kier alpha value is -2.75. The highest BCUT2D eigenvalue weighted by Gasteiger charge is 2.28. The fourth-order valence-electron chi connectivity index (χ4n) is 3.41. The number of likely N-dealkylation sites (N-methyl/N-ethyl adjacent to an activating group) is 1. The number of nitrogens with zero attached hydrogens (tertiary/aromatic N) is 2. The quantitative estimate of drug-likeness (QED) is 0.561. The first kappa shape index (κ1) is 23.9. The average Bonchev–Trinajstić information content (AvgIpc) is 2.82. The highest BCUT2D eigenvalue weighted by molar-refractivity contribution is 7.89. The van der Waals surface area contributed by atoms with E-state index in [9.17, 15) is 18.0 Å². The molecule has 0 bridgehead atoms. The van der Waals surface area contributed by atoms with Crippen LogP contribution in [0.4, 0.5) is 0 Å². The van der Waals surface area contributed by atoms with Crippen molar-refractivity contribution in [2.75, 3.05) is 39.5 Å². The molecule has 0 aliphatic carbocycles. The van der Waals surface area contributed by atoms with Crippen molar-refractivity contribution in [1.29, 1.82) is 0 Å². The molecule has 1 heterocycles. The molecule has 3 rings (SSSR count). The van der Waals surface area contributed by atoms with Crippen LogP contribution in [0.5, 0.6) is 0 Å². The van der Waals surface area contributed by atoms with Crippen LogP contribution in [0.25, 0.3) is 0 Å². The number of benzene rings is 2. The fraction of sp³-hybridized carbons (Fsp3) is 0.391. The Morgan fingerprint density at radius 2 is 1.78 bits per heavy atom. The molecule has 2 aromatic rings. The fourth-order valence-corrected chi connectivity index (χ4v) is 5.07. The van der Waals surface area contributed by atoms with Gasteiger partial charge in [0.25, 0.3) is 5.91 Å². The lowest BCUT2D eigenvalue weighted by molar-refractivity contribution is -0.134. The predicted molar refractivity (Wildman–Crippen MR) is 119 cm³/mol. The maximum Gasteiger partial charge on any atom is 0.338 e. The lowest BCUT2D eigenvalue weighted by Gasteiger charge is -2.26. The number of esters is 1. The van der Waals surface area contributed by atoms with Gasteiger partial charge in [0.2, 0.25) is 10.0 Å². The molecule has 0 saturated carbocycles. The minimum Gasteiger partial charge on any atom is -0.452 e. The molecule has 0 spiro atoms. The van der Waals surface area contributed by atoms with Gasteiger partial charge in [-0.2, -0.15) is 4.31 Å². The molecule has 1 aliphatic rings. The van der Waals surface area contributed by atoms with Gasteiger partial charge in [-0.3, -0.25) is 4.79 Å². The van der Waals surface area contributed by atoms with Gasteiger partial charge in [0.05, 0.1) is 23.7 Å². The molecule has 0 atom stereocenters. The Morgan fingerprint density at radius 3 is 2.44 bits per heavy atom. The third-order valence-electron chi connectivity index (χ3n) is 5.29. The van der Waals surface area contributed by atoms with Gasteiger partial charge in [0, 0.05) is 26.2 Å². The molecule has 1 amide bonds. The number of hydrogen-bond donors (Lipinski definition) is 0. The maximum atomic E-state index is 13.0. The van der Waals surface area contributed by atoms with E-state index < -0.39 is 22.6 Å². The Bertz CT molecular complexity index is 1050. The van der Waals surface area contributed by atoms with Crippen molar-refractivity contribution in [3.63, 3.8) is 0 Å². The summed E-state index contributed by atoms with van der Waals surface area (Å²) in [6.45, 7) is 5.19. The van der Waals surface area contributed by atoms with Gasteiger partial charge < -0.3 is 14.4 Å². The van der Waals surface area contributed by atoms with Gasteiger partial charge in [-0.15, -0.1) is 0 Å². The largest absolute Gasteiger partial charge is 0.452 e. The van der Waals surface area contributed by atoms with E-state index in [1.165, 1.54) is 16.4 Å². The van der Waals surface area contributed by atoms with Crippen LogP contribution in [0, 0.1) is 6.92 Å². The van der Waals surface area contributed by atoms with Crippen LogP contribution < -0.4 is 0 Å². The second-order valence-electron chi connectivity index (χ2n) is 7.47. The average molecular weight is 461 g/mol. The lowest BCUT2D eigenvalue weighted by atomic mass is 10.1. The Balaban J connectivity index is 1.67. The molecule has 32 heavy (non-hydrogen) atoms. The molecule has 0 unspecified atom stereocenters. The zero-order valence-electron chi connectivity index (χ0n) is 18.3. The highest BCUT2D eigenvalue weighted by Crippen LogP contribution is 2.22. The van der Waals surface area contributed by atoms with Crippen molar-refractivity contribution < 1.29 is 27.5 Å². The summed E-state index contributed by atoms with van der Waals surface area (Å²) in [7, 11) is -3.76. The van der Waals surface area contributed by atoms with E-state index in [1.807, 2.05) is 37.3 Å². The van der Waals surface area contributed by atoms with Gasteiger partial charge in [-0.05, 0) is 37.1 Å². The molecule has 1 saturated heterocycles. The second kappa shape index (κ2) is 10.7. The lowest BCUT2D eigenvalue weighted by Crippen LogP contribution is -2.40. The van der Waals surface area contributed by atoms with Crippen molar-refractivity contribution in [3.8, 4) is 0 Å². The Morgan fingerprint density at radius 1 is 1.09 bits per heavy atom. The number of rotatable bonds is 8. The van der Waals surface area contributed by atoms with Gasteiger partial charge in [-0.1, -0.05) is 36.4 Å². The van der Waals surface area contributed by atoms with Crippen LogP contribution in [0.3, 0.4) is 0 Å². The number of sulfonamides is 1. The Kier molecular flexibility index (Phi) is 8.00. The van der Waals surface area contributed by atoms with Crippen LogP contribution >= 0.6 is 0 Å². The molecule has 0 radical (unpaired) electrons. The van der Waals surface area contributed by atoms with Crippen LogP contribution in [0.2, 0.25) is 0 Å². The molecule has 0 aromatic heterocycles. The van der Waals surface area contributed by atoms with E-state index in [1.54, 1.807) is 17.9 Å². The molecule has 9 heteroatoms. The number of carbonyl (C=O) groups excluding carboxylic acids is 2. The summed E-state index contributed by atoms with van der Waals surface area (Å²) in [4.78, 5) is 26.7. The zero-order chi connectivity index (χ0) is 23.1. The van der Waals surface area contributed by atoms with E-state index in [0.29, 0.717) is 31.9 Å². The summed E-state index contributed by atoms with van der Waals surface area (Å²) < 4.78 is 37.8. The van der Waals surface area contributed by atoms with E-state index in [2.05, 4.69) is 0 Å². The summed E-state index contributed by atoms with van der Waals surface area (Å²) in [6.07, 6.45) is 0. The van der Waals surface area contributed by atoms with Crippen LogP contribution in [-0.2, 0) is 30.8 Å². The number of carbonyl (C=O) groups is 2. The summed E-state index contributed by atoms with van der Waals surface area (Å²) in [5.74, 6) is -1.06. The molecule has 1 fully saturated rings. The third-order valence-corrected chi connectivity index (χ3v) is 7.33. The summed E-state index contributed by atoms with van der Waals surface area (Å²) in [5.41, 5.74) is 1.59. The SMILES string of the molecule is CCN(Cc1ccccc1)C(=O)COC(=O)c1ccc(C)c(S(=O)(=O)N2CCOCC2)c1. The molecular weight excluding hydrogens is 432 g/mol. The number of hydrogen-bond acceptors (Lipinski definition) is 6. The summed E-state index contributed by atoms with van der Waals surface area (Å²) >= 11 is 0. The minimum absolute atomic E-state index is 0.0550. The van der Waals surface area contributed by atoms with Crippen LogP contribution in [0.1, 0.15) is 28.4 Å². The van der Waals surface area contributed by atoms with Gasteiger partial charge in [-0.25, -0.2) is 13.2 Å². The van der Waals surface area contributed by atoms with Crippen LogP contribution in [0.15, 0.2) is 53.4 Å². The van der Waals surface area contributed by atoms with Crippen molar-refractivity contribution >= 4 is 21.9 Å². The molecule has 2 aromatic carbocycles. The predicted octanol–water partition coefficient (Wildman–Crippen LogP) is 2.22. The first-order valence-electron chi connectivity index (χ1n) is 10.5. The number of aryl methyl sites for hydroxylation is 1. The monoisotopic (exact) mass is 460 g/mol. The topological polar surface area (TPSA) is 93.2 Å². The number of morpholine rings is 1. The smallest absolute Gasteiger partial charge is 0.338 e. The van der Waals surface area contributed by atoms with Gasteiger partial charge >= 0.3 is 5.97 Å². The van der Waals surface area contributed by atoms with E-state index in [4.69, 9.17) is 9.47 Å². The number of ether oxygens (including phenoxy) is 2. The second-order valence-corrected chi connectivity index (χ2v) is 9.37. The van der Waals surface area contributed by atoms with Crippen molar-refractivity contribution in [3.05, 3.63) is 65.2 Å². The number of amides is 1. The normalized spacial score (nSPS) is 14.7. The van der Waals surface area contributed by atoms with E-state index in [-0.39, 0.29) is 29.5 Å². The molecule has 8 nitrogen and oxygen atoms in total. The zero-order valence-corrected chi connectivity index (χ0v) is 19.1. The minimum atomic E-state index is -3.76.